The van der Waals surface area contributed by atoms with E-state index < -0.39 is 15.6 Å². The van der Waals surface area contributed by atoms with Crippen LogP contribution in [0.25, 0.3) is 0 Å². The Hall–Kier alpha value is -2.23. The van der Waals surface area contributed by atoms with Crippen LogP contribution < -0.4 is 0 Å². The summed E-state index contributed by atoms with van der Waals surface area (Å²) in [5, 5.41) is -0.279. The number of nitrogens with zero attached hydrogens (tertiary/aromatic N) is 4. The van der Waals surface area contributed by atoms with Crippen molar-refractivity contribution in [2.45, 2.75) is 57.1 Å². The quantitative estimate of drug-likeness (QED) is 0.693. The Labute approximate surface area is 177 Å². The molecule has 0 aromatic carbocycles. The summed E-state index contributed by atoms with van der Waals surface area (Å²) in [6.45, 7) is 3.49. The third kappa shape index (κ3) is 5.27. The van der Waals surface area contributed by atoms with Crippen molar-refractivity contribution in [3.8, 4) is 0 Å². The molecule has 1 atom stereocenters. The molecule has 0 spiro atoms. The molecule has 2 aliphatic heterocycles. The van der Waals surface area contributed by atoms with Gasteiger partial charge in [0.05, 0.1) is 22.0 Å². The van der Waals surface area contributed by atoms with Gasteiger partial charge in [0.15, 0.2) is 6.39 Å². The van der Waals surface area contributed by atoms with Crippen LogP contribution in [0.4, 0.5) is 0 Å². The van der Waals surface area contributed by atoms with Crippen molar-refractivity contribution < 1.29 is 23.0 Å². The van der Waals surface area contributed by atoms with E-state index in [0.717, 1.165) is 19.3 Å². The van der Waals surface area contributed by atoms with Crippen LogP contribution in [0.3, 0.4) is 0 Å². The fraction of sp³-hybridized carbons (Fsp3) is 0.700. The van der Waals surface area contributed by atoms with E-state index in [4.69, 9.17) is 4.42 Å². The van der Waals surface area contributed by atoms with Crippen LogP contribution in [-0.2, 0) is 25.7 Å². The second kappa shape index (κ2) is 9.72. The van der Waals surface area contributed by atoms with E-state index in [2.05, 4.69) is 9.35 Å². The zero-order valence-corrected chi connectivity index (χ0v) is 18.5. The average molecular weight is 439 g/mol. The molecule has 2 saturated heterocycles. The molecule has 10 heteroatoms. The fourth-order valence-corrected chi connectivity index (χ4v) is 5.63. The van der Waals surface area contributed by atoms with Gasteiger partial charge in [-0.15, -0.1) is 0 Å². The normalized spacial score (nSPS) is 20.5. The minimum Gasteiger partial charge on any atom is -0.438 e. The standard InChI is InChI=1S/C20H30N4O5S/c1-3-16-19(29-14-21-16)20(27)22-30(2,28)15-8-11-23(12-9-15)18(26)13-24-10-6-4-5-7-17(24)25/h14-15H,3-13H2,1-2H3. The first-order valence-corrected chi connectivity index (χ1v) is 12.5. The average Bonchev–Trinajstić information content (AvgIpc) is 3.12. The Bertz CT molecular complexity index is 910. The lowest BCUT2D eigenvalue weighted by Gasteiger charge is -2.33. The lowest BCUT2D eigenvalue weighted by molar-refractivity contribution is -0.140. The van der Waals surface area contributed by atoms with Crippen LogP contribution in [0.5, 0.6) is 0 Å². The third-order valence-electron chi connectivity index (χ3n) is 5.85. The Morgan fingerprint density at radius 3 is 2.67 bits per heavy atom. The number of carbonyl (C=O) groups is 3. The highest BCUT2D eigenvalue weighted by Gasteiger charge is 2.30. The van der Waals surface area contributed by atoms with Gasteiger partial charge in [-0.2, -0.15) is 4.36 Å². The van der Waals surface area contributed by atoms with Gasteiger partial charge in [-0.25, -0.2) is 9.19 Å². The van der Waals surface area contributed by atoms with Gasteiger partial charge in [0.1, 0.15) is 0 Å². The number of piperidine rings is 1. The van der Waals surface area contributed by atoms with Crippen molar-refractivity contribution in [2.24, 2.45) is 4.36 Å². The maximum Gasteiger partial charge on any atom is 0.322 e. The topological polar surface area (TPSA) is 113 Å². The first-order chi connectivity index (χ1) is 14.3. The monoisotopic (exact) mass is 438 g/mol. The first kappa shape index (κ1) is 22.5. The zero-order valence-electron chi connectivity index (χ0n) is 17.7. The summed E-state index contributed by atoms with van der Waals surface area (Å²) in [5.74, 6) is -0.631. The molecule has 30 heavy (non-hydrogen) atoms. The highest BCUT2D eigenvalue weighted by Crippen LogP contribution is 2.21. The van der Waals surface area contributed by atoms with Crippen molar-refractivity contribution in [3.05, 3.63) is 17.8 Å². The van der Waals surface area contributed by atoms with Gasteiger partial charge in [0, 0.05) is 37.6 Å². The molecular formula is C20H30N4O5S. The molecule has 9 nitrogen and oxygen atoms in total. The Kier molecular flexibility index (Phi) is 7.27. The van der Waals surface area contributed by atoms with E-state index in [-0.39, 0.29) is 29.4 Å². The summed E-state index contributed by atoms with van der Waals surface area (Å²) in [4.78, 5) is 44.5. The molecule has 1 aromatic heterocycles. The molecule has 0 aliphatic carbocycles. The molecule has 3 rings (SSSR count). The van der Waals surface area contributed by atoms with Crippen LogP contribution in [0.15, 0.2) is 15.2 Å². The van der Waals surface area contributed by atoms with Gasteiger partial charge in [-0.1, -0.05) is 13.3 Å². The van der Waals surface area contributed by atoms with E-state index >= 15 is 0 Å². The summed E-state index contributed by atoms with van der Waals surface area (Å²) in [7, 11) is -2.79. The molecule has 3 heterocycles. The van der Waals surface area contributed by atoms with Crippen LogP contribution in [0, 0.1) is 0 Å². The molecule has 166 valence electrons. The van der Waals surface area contributed by atoms with E-state index in [9.17, 15) is 18.6 Å². The Morgan fingerprint density at radius 2 is 1.97 bits per heavy atom. The summed E-state index contributed by atoms with van der Waals surface area (Å²) >= 11 is 0. The van der Waals surface area contributed by atoms with Crippen LogP contribution in [0.1, 0.15) is 61.7 Å². The molecule has 1 unspecified atom stereocenters. The molecule has 2 fully saturated rings. The molecule has 3 amide bonds. The fourth-order valence-electron chi connectivity index (χ4n) is 3.99. The molecule has 2 aliphatic rings. The van der Waals surface area contributed by atoms with Crippen LogP contribution in [-0.4, -0.2) is 74.4 Å². The number of carbonyl (C=O) groups excluding carboxylic acids is 3. The van der Waals surface area contributed by atoms with Gasteiger partial charge in [-0.3, -0.25) is 14.4 Å². The number of hydrogen-bond acceptors (Lipinski definition) is 6. The Morgan fingerprint density at radius 1 is 1.23 bits per heavy atom. The maximum absolute atomic E-state index is 13.1. The number of hydrogen-bond donors (Lipinski definition) is 0. The highest BCUT2D eigenvalue weighted by molar-refractivity contribution is 7.93. The number of oxazole rings is 1. The molecule has 0 saturated carbocycles. The molecule has 1 aromatic rings. The lowest BCUT2D eigenvalue weighted by Crippen LogP contribution is -2.47. The number of amides is 3. The van der Waals surface area contributed by atoms with Crippen molar-refractivity contribution in [1.82, 2.24) is 14.8 Å². The molecule has 0 radical (unpaired) electrons. The molecule has 0 bridgehead atoms. The van der Waals surface area contributed by atoms with Crippen molar-refractivity contribution >= 4 is 27.5 Å². The van der Waals surface area contributed by atoms with Gasteiger partial charge in [-0.05, 0) is 32.1 Å². The van der Waals surface area contributed by atoms with Crippen molar-refractivity contribution in [3.63, 3.8) is 0 Å². The van der Waals surface area contributed by atoms with E-state index in [1.165, 1.54) is 12.6 Å². The van der Waals surface area contributed by atoms with Gasteiger partial charge in [0.2, 0.25) is 17.6 Å². The second-order valence-corrected chi connectivity index (χ2v) is 10.5. The molecule has 0 N–H and O–H groups in total. The highest BCUT2D eigenvalue weighted by atomic mass is 32.2. The number of aryl methyl sites for hydroxylation is 1. The van der Waals surface area contributed by atoms with E-state index in [1.54, 1.807) is 9.80 Å². The van der Waals surface area contributed by atoms with Crippen LogP contribution in [0.2, 0.25) is 0 Å². The SMILES string of the molecule is CCc1ncoc1C(=O)N=S(C)(=O)C1CCN(C(=O)CN2CCCCCC2=O)CC1. The van der Waals surface area contributed by atoms with Gasteiger partial charge < -0.3 is 14.2 Å². The first-order valence-electron chi connectivity index (χ1n) is 10.5. The third-order valence-corrected chi connectivity index (χ3v) is 8.08. The van der Waals surface area contributed by atoms with Crippen molar-refractivity contribution in [1.29, 1.82) is 0 Å². The van der Waals surface area contributed by atoms with E-state index in [1.807, 2.05) is 6.92 Å². The minimum absolute atomic E-state index is 0.0433. The lowest BCUT2D eigenvalue weighted by atomic mass is 10.1. The second-order valence-electron chi connectivity index (χ2n) is 7.95. The predicted molar refractivity (Wildman–Crippen MR) is 111 cm³/mol. The predicted octanol–water partition coefficient (Wildman–Crippen LogP) is 1.87. The maximum atomic E-state index is 13.1. The summed E-state index contributed by atoms with van der Waals surface area (Å²) in [6.07, 6.45) is 7.55. The molecular weight excluding hydrogens is 408 g/mol. The summed E-state index contributed by atoms with van der Waals surface area (Å²) in [6, 6.07) is 0. The zero-order chi connectivity index (χ0) is 21.7. The number of aromatic nitrogens is 1. The summed E-state index contributed by atoms with van der Waals surface area (Å²) < 4.78 is 22.2. The largest absolute Gasteiger partial charge is 0.438 e. The Balaban J connectivity index is 1.58. The van der Waals surface area contributed by atoms with E-state index in [0.29, 0.717) is 51.0 Å². The minimum atomic E-state index is -2.79. The number of rotatable bonds is 5. The number of likely N-dealkylation sites (tertiary alicyclic amines) is 2. The van der Waals surface area contributed by atoms with Crippen LogP contribution >= 0.6 is 0 Å². The van der Waals surface area contributed by atoms with Crippen molar-refractivity contribution in [2.75, 3.05) is 32.4 Å². The van der Waals surface area contributed by atoms with Gasteiger partial charge in [0.25, 0.3) is 0 Å². The van der Waals surface area contributed by atoms with Gasteiger partial charge >= 0.3 is 5.91 Å². The summed E-state index contributed by atoms with van der Waals surface area (Å²) in [5.41, 5.74) is 0.502. The smallest absolute Gasteiger partial charge is 0.322 e.